The van der Waals surface area contributed by atoms with Crippen molar-refractivity contribution in [3.05, 3.63) is 0 Å². The molecule has 0 heterocycles. The molecule has 0 saturated heterocycles. The molecule has 1 amide bonds. The van der Waals surface area contributed by atoms with Crippen LogP contribution in [0.15, 0.2) is 0 Å². The van der Waals surface area contributed by atoms with Gasteiger partial charge in [0, 0.05) is 25.6 Å². The SMILES string of the molecule is COCCNC(=O)CCC(C)(C)N(Cl)Cl. The van der Waals surface area contributed by atoms with Crippen LogP contribution in [0.5, 0.6) is 0 Å². The second kappa shape index (κ2) is 7.28. The highest BCUT2D eigenvalue weighted by atomic mass is 35.5. The number of carbonyl (C=O) groups excluding carboxylic acids is 1. The average Bonchev–Trinajstić information content (AvgIpc) is 2.15. The molecule has 15 heavy (non-hydrogen) atoms. The van der Waals surface area contributed by atoms with Crippen molar-refractivity contribution >= 4 is 29.5 Å². The Hall–Kier alpha value is -0.0300. The van der Waals surface area contributed by atoms with Crippen LogP contribution in [0, 0.1) is 0 Å². The van der Waals surface area contributed by atoms with E-state index in [1.54, 1.807) is 7.11 Å². The molecule has 0 aliphatic rings. The zero-order valence-corrected chi connectivity index (χ0v) is 10.9. The number of nitrogens with one attached hydrogen (secondary N) is 1. The minimum absolute atomic E-state index is 0.0182. The first-order valence-corrected chi connectivity index (χ1v) is 5.45. The molecule has 0 unspecified atom stereocenters. The van der Waals surface area contributed by atoms with E-state index in [-0.39, 0.29) is 5.91 Å². The molecule has 1 N–H and O–H groups in total. The molecule has 0 aliphatic heterocycles. The lowest BCUT2D eigenvalue weighted by Gasteiger charge is -2.26. The van der Waals surface area contributed by atoms with Crippen LogP contribution in [0.3, 0.4) is 0 Å². The quantitative estimate of drug-likeness (QED) is 0.559. The smallest absolute Gasteiger partial charge is 0.220 e. The summed E-state index contributed by atoms with van der Waals surface area (Å²) in [5.41, 5.74) is -0.401. The number of amides is 1. The van der Waals surface area contributed by atoms with Crippen molar-refractivity contribution in [2.45, 2.75) is 32.2 Å². The van der Waals surface area contributed by atoms with Crippen LogP contribution in [0.1, 0.15) is 26.7 Å². The van der Waals surface area contributed by atoms with Crippen molar-refractivity contribution in [3.63, 3.8) is 0 Å². The lowest BCUT2D eigenvalue weighted by Crippen LogP contribution is -2.34. The molecule has 0 aromatic rings. The third kappa shape index (κ3) is 6.95. The maximum atomic E-state index is 11.3. The minimum Gasteiger partial charge on any atom is -0.383 e. The molecule has 0 radical (unpaired) electrons. The summed E-state index contributed by atoms with van der Waals surface area (Å²) in [5, 5.41) is 2.73. The van der Waals surface area contributed by atoms with Gasteiger partial charge in [0.05, 0.1) is 6.61 Å². The standard InChI is InChI=1S/C9H18Cl2N2O2/c1-9(2,13(10)11)5-4-8(14)12-6-7-15-3/h4-7H2,1-3H3,(H,12,14). The summed E-state index contributed by atoms with van der Waals surface area (Å²) in [7, 11) is 1.59. The van der Waals surface area contributed by atoms with Crippen LogP contribution >= 0.6 is 23.6 Å². The number of halogens is 2. The van der Waals surface area contributed by atoms with Gasteiger partial charge in [0.2, 0.25) is 5.91 Å². The predicted molar refractivity (Wildman–Crippen MR) is 61.7 cm³/mol. The molecule has 0 saturated carbocycles. The summed E-state index contributed by atoms with van der Waals surface area (Å²) in [6.45, 7) is 4.79. The first-order valence-electron chi connectivity index (χ1n) is 4.77. The fourth-order valence-corrected chi connectivity index (χ4v) is 1.05. The number of rotatable bonds is 7. The largest absolute Gasteiger partial charge is 0.383 e. The molecule has 0 spiro atoms. The number of methoxy groups -OCH3 is 1. The van der Waals surface area contributed by atoms with E-state index in [2.05, 4.69) is 5.32 Å². The van der Waals surface area contributed by atoms with Crippen molar-refractivity contribution in [1.82, 2.24) is 9.25 Å². The van der Waals surface area contributed by atoms with Crippen molar-refractivity contribution in [3.8, 4) is 0 Å². The molecule has 0 atom stereocenters. The van der Waals surface area contributed by atoms with E-state index >= 15 is 0 Å². The van der Waals surface area contributed by atoms with Gasteiger partial charge in [0.25, 0.3) is 0 Å². The predicted octanol–water partition coefficient (Wildman–Crippen LogP) is 1.92. The number of carbonyl (C=O) groups is 1. The molecule has 90 valence electrons. The third-order valence-corrected chi connectivity index (χ3v) is 2.96. The fourth-order valence-electron chi connectivity index (χ4n) is 0.885. The highest BCUT2D eigenvalue weighted by Crippen LogP contribution is 2.24. The molecule has 6 heteroatoms. The lowest BCUT2D eigenvalue weighted by molar-refractivity contribution is -0.121. The average molecular weight is 257 g/mol. The van der Waals surface area contributed by atoms with E-state index in [0.29, 0.717) is 26.0 Å². The van der Waals surface area contributed by atoms with Crippen LogP contribution in [0.2, 0.25) is 0 Å². The molecule has 0 aromatic heterocycles. The van der Waals surface area contributed by atoms with Crippen molar-refractivity contribution in [1.29, 1.82) is 0 Å². The fraction of sp³-hybridized carbons (Fsp3) is 0.889. The lowest BCUT2D eigenvalue weighted by atomic mass is 10.00. The molecule has 0 aliphatic carbocycles. The Kier molecular flexibility index (Phi) is 7.26. The first-order chi connectivity index (χ1) is 6.90. The summed E-state index contributed by atoms with van der Waals surface area (Å²) in [6.07, 6.45) is 0.992. The van der Waals surface area contributed by atoms with Crippen LogP contribution in [-0.2, 0) is 9.53 Å². The van der Waals surface area contributed by atoms with Gasteiger partial charge < -0.3 is 10.1 Å². The molecule has 0 aromatic carbocycles. The van der Waals surface area contributed by atoms with Gasteiger partial charge in [0.15, 0.2) is 0 Å². The van der Waals surface area contributed by atoms with Gasteiger partial charge in [0.1, 0.15) is 0 Å². The summed E-state index contributed by atoms with van der Waals surface area (Å²) in [6, 6.07) is 0. The minimum atomic E-state index is -0.401. The number of hydrogen-bond donors (Lipinski definition) is 1. The van der Waals surface area contributed by atoms with Crippen molar-refractivity contribution in [2.24, 2.45) is 0 Å². The summed E-state index contributed by atoms with van der Waals surface area (Å²) >= 11 is 11.3. The van der Waals surface area contributed by atoms with Crippen LogP contribution in [0.4, 0.5) is 0 Å². The monoisotopic (exact) mass is 256 g/mol. The van der Waals surface area contributed by atoms with Gasteiger partial charge in [-0.05, 0) is 43.8 Å². The molecule has 4 nitrogen and oxygen atoms in total. The van der Waals surface area contributed by atoms with Crippen LogP contribution in [0.25, 0.3) is 0 Å². The van der Waals surface area contributed by atoms with Gasteiger partial charge in [-0.2, -0.15) is 0 Å². The Morgan fingerprint density at radius 3 is 2.53 bits per heavy atom. The van der Waals surface area contributed by atoms with E-state index < -0.39 is 5.54 Å². The summed E-state index contributed by atoms with van der Waals surface area (Å²) in [4.78, 5) is 11.3. The maximum absolute atomic E-state index is 11.3. The summed E-state index contributed by atoms with van der Waals surface area (Å²) < 4.78 is 5.89. The highest BCUT2D eigenvalue weighted by Gasteiger charge is 2.24. The Labute approximate surface area is 101 Å². The van der Waals surface area contributed by atoms with Crippen LogP contribution in [-0.4, -0.2) is 35.6 Å². The Bertz CT molecular complexity index is 199. The van der Waals surface area contributed by atoms with Gasteiger partial charge in [-0.15, -0.1) is 3.94 Å². The number of ether oxygens (including phenoxy) is 1. The van der Waals surface area contributed by atoms with E-state index in [0.717, 1.165) is 3.94 Å². The Balaban J connectivity index is 3.71. The van der Waals surface area contributed by atoms with E-state index in [9.17, 15) is 4.79 Å². The van der Waals surface area contributed by atoms with Gasteiger partial charge in [-0.3, -0.25) is 4.79 Å². The molecular weight excluding hydrogens is 239 g/mol. The number of nitrogens with zero attached hydrogens (tertiary/aromatic N) is 1. The van der Waals surface area contributed by atoms with E-state index in [1.807, 2.05) is 13.8 Å². The maximum Gasteiger partial charge on any atom is 0.220 e. The molecule has 0 bridgehead atoms. The van der Waals surface area contributed by atoms with Gasteiger partial charge in [-0.25, -0.2) is 0 Å². The molecule has 0 fully saturated rings. The van der Waals surface area contributed by atoms with Crippen molar-refractivity contribution < 1.29 is 9.53 Å². The normalized spacial score (nSPS) is 11.9. The second-order valence-corrected chi connectivity index (χ2v) is 4.74. The topological polar surface area (TPSA) is 41.6 Å². The highest BCUT2D eigenvalue weighted by molar-refractivity contribution is 6.34. The second-order valence-electron chi connectivity index (χ2n) is 3.89. The Morgan fingerprint density at radius 2 is 2.07 bits per heavy atom. The van der Waals surface area contributed by atoms with E-state index in [4.69, 9.17) is 28.3 Å². The summed E-state index contributed by atoms with van der Waals surface area (Å²) in [5.74, 6) is -0.0182. The molecule has 0 rings (SSSR count). The van der Waals surface area contributed by atoms with Gasteiger partial charge >= 0.3 is 0 Å². The third-order valence-electron chi connectivity index (χ3n) is 2.05. The van der Waals surface area contributed by atoms with E-state index in [1.165, 1.54) is 0 Å². The number of hydrogen-bond acceptors (Lipinski definition) is 3. The molecular formula is C9H18Cl2N2O2. The first kappa shape index (κ1) is 15.0. The Morgan fingerprint density at radius 1 is 1.47 bits per heavy atom. The van der Waals surface area contributed by atoms with Crippen LogP contribution < -0.4 is 5.32 Å². The van der Waals surface area contributed by atoms with Gasteiger partial charge in [-0.1, -0.05) is 0 Å². The zero-order valence-electron chi connectivity index (χ0n) is 9.35. The van der Waals surface area contributed by atoms with Crippen molar-refractivity contribution in [2.75, 3.05) is 20.3 Å². The zero-order chi connectivity index (χ0) is 11.9.